The van der Waals surface area contributed by atoms with Crippen LogP contribution in [0.4, 0.5) is 0 Å². The Hall–Kier alpha value is -2.66. The van der Waals surface area contributed by atoms with Gasteiger partial charge in [-0.1, -0.05) is 11.6 Å². The summed E-state index contributed by atoms with van der Waals surface area (Å²) in [5.41, 5.74) is 3.84. The van der Waals surface area contributed by atoms with E-state index in [1.165, 1.54) is 0 Å². The van der Waals surface area contributed by atoms with Crippen molar-refractivity contribution in [1.29, 1.82) is 0 Å². The first-order valence-corrected chi connectivity index (χ1v) is 9.41. The van der Waals surface area contributed by atoms with Crippen LogP contribution >= 0.6 is 0 Å². The fraction of sp³-hybridized carbons (Fsp3) is 0.364. The van der Waals surface area contributed by atoms with Gasteiger partial charge in [-0.2, -0.15) is 0 Å². The third-order valence-electron chi connectivity index (χ3n) is 5.14. The van der Waals surface area contributed by atoms with Crippen LogP contribution in [0.3, 0.4) is 0 Å². The molecule has 1 aromatic carbocycles. The van der Waals surface area contributed by atoms with Crippen molar-refractivity contribution in [3.63, 3.8) is 0 Å². The second-order valence-electron chi connectivity index (χ2n) is 7.23. The summed E-state index contributed by atoms with van der Waals surface area (Å²) >= 11 is 0. The molecule has 27 heavy (non-hydrogen) atoms. The van der Waals surface area contributed by atoms with Crippen molar-refractivity contribution in [1.82, 2.24) is 9.88 Å². The molecule has 0 radical (unpaired) electrons. The summed E-state index contributed by atoms with van der Waals surface area (Å²) in [5.74, 6) is 0.330. The lowest BCUT2D eigenvalue weighted by molar-refractivity contribution is 0.0485. The van der Waals surface area contributed by atoms with Crippen LogP contribution in [0.5, 0.6) is 0 Å². The molecule has 3 heterocycles. The summed E-state index contributed by atoms with van der Waals surface area (Å²) in [5, 5.41) is 0.999. The minimum atomic E-state index is -0.0892. The smallest absolute Gasteiger partial charge is 0.290 e. The van der Waals surface area contributed by atoms with E-state index in [1.54, 1.807) is 12.4 Å². The molecule has 1 amide bonds. The number of rotatable bonds is 5. The zero-order valence-electron chi connectivity index (χ0n) is 15.8. The third kappa shape index (κ3) is 3.74. The van der Waals surface area contributed by atoms with Gasteiger partial charge in [0.15, 0.2) is 5.76 Å². The first-order valence-electron chi connectivity index (χ1n) is 9.41. The molecule has 1 aliphatic rings. The van der Waals surface area contributed by atoms with Crippen LogP contribution in [0.15, 0.2) is 47.1 Å². The molecule has 5 nitrogen and oxygen atoms in total. The van der Waals surface area contributed by atoms with Crippen molar-refractivity contribution >= 4 is 16.9 Å². The molecule has 0 saturated carbocycles. The van der Waals surface area contributed by atoms with Crippen LogP contribution in [0.2, 0.25) is 0 Å². The lowest BCUT2D eigenvalue weighted by Crippen LogP contribution is -2.37. The molecule has 140 valence electrons. The van der Waals surface area contributed by atoms with Gasteiger partial charge >= 0.3 is 0 Å². The molecule has 0 N–H and O–H groups in total. The number of ether oxygens (including phenoxy) is 1. The Morgan fingerprint density at radius 1 is 1.22 bits per heavy atom. The third-order valence-corrected chi connectivity index (χ3v) is 5.14. The van der Waals surface area contributed by atoms with E-state index in [4.69, 9.17) is 9.15 Å². The SMILES string of the molecule is Cc1ccc2oc(C(=O)N(Cc3ccncc3)C[C@@H]3CCCO3)c(C)c2c1. The summed E-state index contributed by atoms with van der Waals surface area (Å²) in [6, 6.07) is 9.87. The van der Waals surface area contributed by atoms with Crippen molar-refractivity contribution < 1.29 is 13.9 Å². The van der Waals surface area contributed by atoms with Gasteiger partial charge in [0.05, 0.1) is 6.10 Å². The largest absolute Gasteiger partial charge is 0.451 e. The van der Waals surface area contributed by atoms with Crippen molar-refractivity contribution in [3.05, 3.63) is 65.2 Å². The molecule has 1 fully saturated rings. The number of hydrogen-bond acceptors (Lipinski definition) is 4. The summed E-state index contributed by atoms with van der Waals surface area (Å²) in [6.45, 7) is 5.84. The minimum Gasteiger partial charge on any atom is -0.451 e. The molecule has 1 aliphatic heterocycles. The minimum absolute atomic E-state index is 0.0858. The summed E-state index contributed by atoms with van der Waals surface area (Å²) in [6.07, 6.45) is 5.62. The predicted molar refractivity (Wildman–Crippen MR) is 104 cm³/mol. The predicted octanol–water partition coefficient (Wildman–Crippen LogP) is 4.27. The van der Waals surface area contributed by atoms with E-state index in [0.717, 1.165) is 47.1 Å². The highest BCUT2D eigenvalue weighted by Gasteiger charge is 2.27. The van der Waals surface area contributed by atoms with Crippen LogP contribution in [0, 0.1) is 13.8 Å². The van der Waals surface area contributed by atoms with E-state index < -0.39 is 0 Å². The number of carbonyl (C=O) groups is 1. The highest BCUT2D eigenvalue weighted by molar-refractivity contribution is 5.99. The molecular weight excluding hydrogens is 340 g/mol. The number of pyridine rings is 1. The van der Waals surface area contributed by atoms with Gasteiger partial charge in [-0.25, -0.2) is 0 Å². The highest BCUT2D eigenvalue weighted by Crippen LogP contribution is 2.28. The average Bonchev–Trinajstić information content (AvgIpc) is 3.30. The van der Waals surface area contributed by atoms with E-state index in [1.807, 2.05) is 43.0 Å². The Morgan fingerprint density at radius 3 is 2.78 bits per heavy atom. The highest BCUT2D eigenvalue weighted by atomic mass is 16.5. The van der Waals surface area contributed by atoms with Crippen molar-refractivity contribution in [2.24, 2.45) is 0 Å². The molecule has 0 spiro atoms. The molecule has 1 atom stereocenters. The number of benzene rings is 1. The van der Waals surface area contributed by atoms with Crippen LogP contribution in [0.1, 0.15) is 40.1 Å². The summed E-state index contributed by atoms with van der Waals surface area (Å²) in [4.78, 5) is 19.3. The maximum Gasteiger partial charge on any atom is 0.290 e. The quantitative estimate of drug-likeness (QED) is 0.678. The van der Waals surface area contributed by atoms with Gasteiger partial charge in [-0.3, -0.25) is 9.78 Å². The molecular formula is C22H24N2O3. The van der Waals surface area contributed by atoms with Gasteiger partial charge in [-0.05, 0) is 56.5 Å². The van der Waals surface area contributed by atoms with Crippen LogP contribution < -0.4 is 0 Å². The van der Waals surface area contributed by atoms with Gasteiger partial charge in [0, 0.05) is 43.0 Å². The maximum absolute atomic E-state index is 13.4. The lowest BCUT2D eigenvalue weighted by Gasteiger charge is -2.25. The molecule has 4 rings (SSSR count). The first-order chi connectivity index (χ1) is 13.1. The van der Waals surface area contributed by atoms with Crippen molar-refractivity contribution in [2.75, 3.05) is 13.2 Å². The standard InChI is InChI=1S/C22H24N2O3/c1-15-5-6-20-19(12-15)16(2)21(27-20)22(25)24(14-18-4-3-11-26-18)13-17-7-9-23-10-8-17/h5-10,12,18H,3-4,11,13-14H2,1-2H3/t18-/m0/s1. The van der Waals surface area contributed by atoms with Crippen LogP contribution in [0.25, 0.3) is 11.0 Å². The molecule has 3 aromatic rings. The molecule has 5 heteroatoms. The molecule has 1 saturated heterocycles. The van der Waals surface area contributed by atoms with Gasteiger partial charge in [0.2, 0.25) is 0 Å². The number of aromatic nitrogens is 1. The number of nitrogens with zero attached hydrogens (tertiary/aromatic N) is 2. The monoisotopic (exact) mass is 364 g/mol. The van der Waals surface area contributed by atoms with E-state index >= 15 is 0 Å². The maximum atomic E-state index is 13.4. The Bertz CT molecular complexity index is 943. The van der Waals surface area contributed by atoms with Crippen molar-refractivity contribution in [2.45, 2.75) is 39.3 Å². The summed E-state index contributed by atoms with van der Waals surface area (Å²) < 4.78 is 11.7. The van der Waals surface area contributed by atoms with Crippen molar-refractivity contribution in [3.8, 4) is 0 Å². The normalized spacial score (nSPS) is 16.7. The topological polar surface area (TPSA) is 55.6 Å². The average molecular weight is 364 g/mol. The first kappa shape index (κ1) is 17.7. The van der Waals surface area contributed by atoms with Gasteiger partial charge in [-0.15, -0.1) is 0 Å². The van der Waals surface area contributed by atoms with Gasteiger partial charge in [0.1, 0.15) is 5.58 Å². The zero-order valence-corrected chi connectivity index (χ0v) is 15.8. The number of aryl methyl sites for hydroxylation is 2. The number of amides is 1. The summed E-state index contributed by atoms with van der Waals surface area (Å²) in [7, 11) is 0. The fourth-order valence-corrected chi connectivity index (χ4v) is 3.64. The zero-order chi connectivity index (χ0) is 18.8. The molecule has 0 aliphatic carbocycles. The second kappa shape index (κ2) is 7.53. The van der Waals surface area contributed by atoms with E-state index in [9.17, 15) is 4.79 Å². The Morgan fingerprint density at radius 2 is 2.04 bits per heavy atom. The van der Waals surface area contributed by atoms with Gasteiger partial charge in [0.25, 0.3) is 5.91 Å². The second-order valence-corrected chi connectivity index (χ2v) is 7.23. The van der Waals surface area contributed by atoms with Gasteiger partial charge < -0.3 is 14.1 Å². The van der Waals surface area contributed by atoms with E-state index in [0.29, 0.717) is 18.8 Å². The lowest BCUT2D eigenvalue weighted by atomic mass is 10.1. The van der Waals surface area contributed by atoms with E-state index in [2.05, 4.69) is 11.1 Å². The Balaban J connectivity index is 1.65. The molecule has 2 aromatic heterocycles. The number of carbonyl (C=O) groups excluding carboxylic acids is 1. The Kier molecular flexibility index (Phi) is 4.94. The van der Waals surface area contributed by atoms with Crippen LogP contribution in [-0.2, 0) is 11.3 Å². The number of furan rings is 1. The molecule has 0 unspecified atom stereocenters. The fourth-order valence-electron chi connectivity index (χ4n) is 3.64. The molecule has 0 bridgehead atoms. The Labute approximate surface area is 158 Å². The number of fused-ring (bicyclic) bond motifs is 1. The number of hydrogen-bond donors (Lipinski definition) is 0. The van der Waals surface area contributed by atoms with Crippen LogP contribution in [-0.4, -0.2) is 35.0 Å². The van der Waals surface area contributed by atoms with E-state index in [-0.39, 0.29) is 12.0 Å².